The lowest BCUT2D eigenvalue weighted by Crippen LogP contribution is -2.08. The third-order valence-corrected chi connectivity index (χ3v) is 2.64. The van der Waals surface area contributed by atoms with Crippen molar-refractivity contribution in [1.29, 1.82) is 0 Å². The number of carbonyl (C=O) groups is 1. The van der Waals surface area contributed by atoms with Gasteiger partial charge >= 0.3 is 5.97 Å². The van der Waals surface area contributed by atoms with E-state index in [-0.39, 0.29) is 12.6 Å². The Kier molecular flexibility index (Phi) is 8.15. The Morgan fingerprint density at radius 2 is 1.90 bits per heavy atom. The Bertz CT molecular complexity index is 409. The molecule has 0 N–H and O–H groups in total. The summed E-state index contributed by atoms with van der Waals surface area (Å²) in [4.78, 5) is 11.4. The molecule has 0 aliphatic heterocycles. The van der Waals surface area contributed by atoms with Crippen molar-refractivity contribution >= 4 is 12.0 Å². The van der Waals surface area contributed by atoms with Crippen LogP contribution < -0.4 is 4.74 Å². The van der Waals surface area contributed by atoms with E-state index in [1.165, 1.54) is 6.08 Å². The third kappa shape index (κ3) is 6.95. The lowest BCUT2D eigenvalue weighted by molar-refractivity contribution is -0.139. The van der Waals surface area contributed by atoms with Crippen LogP contribution in [0.5, 0.6) is 5.75 Å². The van der Waals surface area contributed by atoms with E-state index in [1.54, 1.807) is 13.2 Å². The predicted octanol–water partition coefficient (Wildman–Crippen LogP) is 3.07. The van der Waals surface area contributed by atoms with E-state index in [2.05, 4.69) is 6.92 Å². The second-order valence-corrected chi connectivity index (χ2v) is 4.24. The Hall–Kier alpha value is -1.81. The summed E-state index contributed by atoms with van der Waals surface area (Å²) in [6, 6.07) is 7.42. The molecule has 0 saturated carbocycles. The number of rotatable bonds is 9. The summed E-state index contributed by atoms with van der Waals surface area (Å²) in [7, 11) is 1.62. The van der Waals surface area contributed by atoms with Crippen LogP contribution in [0.15, 0.2) is 30.3 Å². The van der Waals surface area contributed by atoms with Gasteiger partial charge in [-0.05, 0) is 30.2 Å². The molecule has 0 saturated heterocycles. The fourth-order valence-corrected chi connectivity index (χ4v) is 1.48. The molecule has 0 unspecified atom stereocenters. The molecule has 0 bridgehead atoms. The van der Waals surface area contributed by atoms with E-state index in [0.717, 1.165) is 30.8 Å². The Labute approximate surface area is 120 Å². The first-order valence-electron chi connectivity index (χ1n) is 6.83. The molecule has 0 fully saturated rings. The standard InChI is InChI=1S/C16H22O4/c1-3-4-11-19-12-13-20-16(17)10-7-14-5-8-15(18-2)9-6-14/h5-10H,3-4,11-13H2,1-2H3. The maximum Gasteiger partial charge on any atom is 0.330 e. The van der Waals surface area contributed by atoms with Gasteiger partial charge in [0.05, 0.1) is 13.7 Å². The highest BCUT2D eigenvalue weighted by molar-refractivity contribution is 5.87. The van der Waals surface area contributed by atoms with Gasteiger partial charge in [0, 0.05) is 12.7 Å². The Balaban J connectivity index is 2.22. The highest BCUT2D eigenvalue weighted by Crippen LogP contribution is 2.12. The van der Waals surface area contributed by atoms with Gasteiger partial charge in [0.1, 0.15) is 12.4 Å². The monoisotopic (exact) mass is 278 g/mol. The molecule has 0 aliphatic rings. The van der Waals surface area contributed by atoms with E-state index in [0.29, 0.717) is 6.61 Å². The van der Waals surface area contributed by atoms with Gasteiger partial charge in [0.25, 0.3) is 0 Å². The maximum absolute atomic E-state index is 11.4. The van der Waals surface area contributed by atoms with Gasteiger partial charge in [-0.2, -0.15) is 0 Å². The summed E-state index contributed by atoms with van der Waals surface area (Å²) < 4.78 is 15.4. The molecule has 1 rings (SSSR count). The molecule has 0 aromatic heterocycles. The molecule has 1 aromatic rings. The van der Waals surface area contributed by atoms with Crippen LogP contribution in [0.2, 0.25) is 0 Å². The lowest BCUT2D eigenvalue weighted by Gasteiger charge is -2.03. The van der Waals surface area contributed by atoms with E-state index >= 15 is 0 Å². The summed E-state index contributed by atoms with van der Waals surface area (Å²) in [5.41, 5.74) is 0.918. The van der Waals surface area contributed by atoms with Crippen molar-refractivity contribution in [3.63, 3.8) is 0 Å². The SMILES string of the molecule is CCCCOCCOC(=O)C=Cc1ccc(OC)cc1. The van der Waals surface area contributed by atoms with Crippen LogP contribution >= 0.6 is 0 Å². The Morgan fingerprint density at radius 3 is 2.55 bits per heavy atom. The highest BCUT2D eigenvalue weighted by Gasteiger charge is 1.97. The summed E-state index contributed by atoms with van der Waals surface area (Å²) in [6.45, 7) is 3.56. The zero-order valence-electron chi connectivity index (χ0n) is 12.1. The number of carbonyl (C=O) groups excluding carboxylic acids is 1. The minimum absolute atomic E-state index is 0.287. The zero-order valence-corrected chi connectivity index (χ0v) is 12.1. The second kappa shape index (κ2) is 10.0. The van der Waals surface area contributed by atoms with Gasteiger partial charge in [0.15, 0.2) is 0 Å². The highest BCUT2D eigenvalue weighted by atomic mass is 16.6. The third-order valence-electron chi connectivity index (χ3n) is 2.64. The average Bonchev–Trinajstić information content (AvgIpc) is 2.49. The minimum atomic E-state index is -0.361. The molecule has 110 valence electrons. The number of hydrogen-bond donors (Lipinski definition) is 0. The van der Waals surface area contributed by atoms with Crippen molar-refractivity contribution in [3.8, 4) is 5.75 Å². The Morgan fingerprint density at radius 1 is 1.15 bits per heavy atom. The first-order chi connectivity index (χ1) is 9.76. The van der Waals surface area contributed by atoms with E-state index in [4.69, 9.17) is 14.2 Å². The fourth-order valence-electron chi connectivity index (χ4n) is 1.48. The van der Waals surface area contributed by atoms with Crippen molar-refractivity contribution in [2.75, 3.05) is 26.9 Å². The van der Waals surface area contributed by atoms with Crippen molar-refractivity contribution in [2.45, 2.75) is 19.8 Å². The first kappa shape index (κ1) is 16.2. The van der Waals surface area contributed by atoms with Crippen LogP contribution in [0.25, 0.3) is 6.08 Å². The van der Waals surface area contributed by atoms with Gasteiger partial charge < -0.3 is 14.2 Å². The summed E-state index contributed by atoms with van der Waals surface area (Å²) in [5.74, 6) is 0.425. The molecule has 4 heteroatoms. The van der Waals surface area contributed by atoms with Crippen LogP contribution in [-0.4, -0.2) is 32.9 Å². The summed E-state index contributed by atoms with van der Waals surface area (Å²) >= 11 is 0. The second-order valence-electron chi connectivity index (χ2n) is 4.24. The molecule has 0 heterocycles. The van der Waals surface area contributed by atoms with Crippen LogP contribution in [0.3, 0.4) is 0 Å². The number of esters is 1. The van der Waals surface area contributed by atoms with Crippen molar-refractivity contribution < 1.29 is 19.0 Å². The molecular weight excluding hydrogens is 256 g/mol. The average molecular weight is 278 g/mol. The molecule has 0 spiro atoms. The molecule has 0 amide bonds. The predicted molar refractivity (Wildman–Crippen MR) is 78.7 cm³/mol. The van der Waals surface area contributed by atoms with Crippen molar-refractivity contribution in [1.82, 2.24) is 0 Å². The van der Waals surface area contributed by atoms with Crippen LogP contribution in [0.4, 0.5) is 0 Å². The number of unbranched alkanes of at least 4 members (excludes halogenated alkanes) is 1. The van der Waals surface area contributed by atoms with Gasteiger partial charge in [-0.3, -0.25) is 0 Å². The largest absolute Gasteiger partial charge is 0.497 e. The molecule has 4 nitrogen and oxygen atoms in total. The quantitative estimate of drug-likeness (QED) is 0.395. The van der Waals surface area contributed by atoms with Gasteiger partial charge in [-0.15, -0.1) is 0 Å². The maximum atomic E-state index is 11.4. The number of ether oxygens (including phenoxy) is 3. The fraction of sp³-hybridized carbons (Fsp3) is 0.438. The molecule has 20 heavy (non-hydrogen) atoms. The minimum Gasteiger partial charge on any atom is -0.497 e. The van der Waals surface area contributed by atoms with E-state index < -0.39 is 0 Å². The number of benzene rings is 1. The lowest BCUT2D eigenvalue weighted by atomic mass is 10.2. The van der Waals surface area contributed by atoms with Crippen LogP contribution in [0, 0.1) is 0 Å². The van der Waals surface area contributed by atoms with Crippen LogP contribution in [0.1, 0.15) is 25.3 Å². The smallest absolute Gasteiger partial charge is 0.330 e. The number of hydrogen-bond acceptors (Lipinski definition) is 4. The molecule has 0 aliphatic carbocycles. The zero-order chi connectivity index (χ0) is 14.6. The molecule has 0 atom stereocenters. The molecule has 1 aromatic carbocycles. The summed E-state index contributed by atoms with van der Waals surface area (Å²) in [5, 5.41) is 0. The molecular formula is C16H22O4. The van der Waals surface area contributed by atoms with Crippen LogP contribution in [-0.2, 0) is 14.3 Å². The number of methoxy groups -OCH3 is 1. The van der Waals surface area contributed by atoms with Crippen molar-refractivity contribution in [3.05, 3.63) is 35.9 Å². The van der Waals surface area contributed by atoms with Gasteiger partial charge in [-0.1, -0.05) is 25.5 Å². The van der Waals surface area contributed by atoms with Gasteiger partial charge in [-0.25, -0.2) is 4.79 Å². The van der Waals surface area contributed by atoms with E-state index in [9.17, 15) is 4.79 Å². The molecule has 0 radical (unpaired) electrons. The summed E-state index contributed by atoms with van der Waals surface area (Å²) in [6.07, 6.45) is 5.25. The van der Waals surface area contributed by atoms with Crippen molar-refractivity contribution in [2.24, 2.45) is 0 Å². The van der Waals surface area contributed by atoms with Gasteiger partial charge in [0.2, 0.25) is 0 Å². The normalized spacial score (nSPS) is 10.7. The van der Waals surface area contributed by atoms with E-state index in [1.807, 2.05) is 24.3 Å². The topological polar surface area (TPSA) is 44.8 Å². The first-order valence-corrected chi connectivity index (χ1v) is 6.83.